The molecule has 1 saturated heterocycles. The Bertz CT molecular complexity index is 1720. The normalized spacial score (nSPS) is 15.2. The van der Waals surface area contributed by atoms with E-state index in [0.717, 1.165) is 22.9 Å². The van der Waals surface area contributed by atoms with Crippen molar-refractivity contribution in [1.29, 1.82) is 0 Å². The van der Waals surface area contributed by atoms with Crippen LogP contribution in [0.15, 0.2) is 78.0 Å². The van der Waals surface area contributed by atoms with Gasteiger partial charge in [0.25, 0.3) is 0 Å². The number of ether oxygens (including phenoxy) is 1. The monoisotopic (exact) mass is 640 g/mol. The van der Waals surface area contributed by atoms with Crippen LogP contribution in [0.2, 0.25) is 0 Å². The average molecular weight is 641 g/mol. The van der Waals surface area contributed by atoms with Crippen LogP contribution in [0.5, 0.6) is 5.75 Å². The molecule has 5 rings (SSSR count). The number of alkyl halides is 4. The van der Waals surface area contributed by atoms with E-state index in [1.165, 1.54) is 40.2 Å². The van der Waals surface area contributed by atoms with E-state index >= 15 is 0 Å². The second kappa shape index (κ2) is 13.1. The third kappa shape index (κ3) is 7.87. The molecule has 234 valence electrons. The van der Waals surface area contributed by atoms with E-state index in [4.69, 9.17) is 0 Å². The number of aryl methyl sites for hydroxylation is 1. The number of nitrogens with one attached hydrogen (secondary N) is 1. The Labute approximate surface area is 260 Å². The molecule has 0 saturated carbocycles. The third-order valence-electron chi connectivity index (χ3n) is 6.75. The molecule has 0 bridgehead atoms. The van der Waals surface area contributed by atoms with Crippen LogP contribution in [0, 0.1) is 6.92 Å². The van der Waals surface area contributed by atoms with Crippen LogP contribution in [0.25, 0.3) is 17.1 Å². The maximum absolute atomic E-state index is 14.9. The van der Waals surface area contributed by atoms with Gasteiger partial charge in [-0.2, -0.15) is 4.99 Å². The molecule has 0 spiro atoms. The van der Waals surface area contributed by atoms with E-state index in [0.29, 0.717) is 28.3 Å². The molecule has 1 fully saturated rings. The molecular formula is C31H28F4N6O3S. The van der Waals surface area contributed by atoms with Crippen molar-refractivity contribution in [2.45, 2.75) is 45.8 Å². The lowest BCUT2D eigenvalue weighted by molar-refractivity contribution is -0.274. The molecule has 1 N–H and O–H groups in total. The second-order valence-electron chi connectivity index (χ2n) is 10.5. The number of benzene rings is 3. The van der Waals surface area contributed by atoms with Crippen LogP contribution in [0.1, 0.15) is 36.5 Å². The van der Waals surface area contributed by atoms with Gasteiger partial charge in [-0.25, -0.2) is 18.9 Å². The number of nitrogens with zero attached hydrogens (tertiary/aromatic N) is 5. The fraction of sp³-hybridized carbons (Fsp3) is 0.258. The van der Waals surface area contributed by atoms with Gasteiger partial charge in [-0.05, 0) is 59.9 Å². The molecule has 1 aliphatic heterocycles. The van der Waals surface area contributed by atoms with Crippen molar-refractivity contribution in [2.24, 2.45) is 4.99 Å². The Balaban J connectivity index is 1.20. The van der Waals surface area contributed by atoms with Gasteiger partial charge in [0.05, 0.1) is 17.1 Å². The summed E-state index contributed by atoms with van der Waals surface area (Å²) in [7, 11) is 0. The molecule has 3 aromatic carbocycles. The summed E-state index contributed by atoms with van der Waals surface area (Å²) in [4.78, 5) is 35.1. The Morgan fingerprint density at radius 3 is 2.47 bits per heavy atom. The predicted octanol–water partition coefficient (Wildman–Crippen LogP) is 6.95. The highest BCUT2D eigenvalue weighted by Gasteiger charge is 2.33. The van der Waals surface area contributed by atoms with E-state index in [2.05, 4.69) is 25.1 Å². The van der Waals surface area contributed by atoms with Gasteiger partial charge >= 0.3 is 12.4 Å². The number of amides is 3. The minimum Gasteiger partial charge on any atom is -0.406 e. The summed E-state index contributed by atoms with van der Waals surface area (Å²) in [5.41, 5.74) is 4.24. The summed E-state index contributed by atoms with van der Waals surface area (Å²) in [5, 5.41) is 6.78. The van der Waals surface area contributed by atoms with Gasteiger partial charge < -0.3 is 10.1 Å². The van der Waals surface area contributed by atoms with Crippen molar-refractivity contribution < 1.29 is 31.9 Å². The molecule has 1 atom stereocenters. The predicted molar refractivity (Wildman–Crippen MR) is 163 cm³/mol. The van der Waals surface area contributed by atoms with Crippen molar-refractivity contribution >= 4 is 34.6 Å². The number of carbonyl (C=O) groups is 2. The Morgan fingerprint density at radius 1 is 1.09 bits per heavy atom. The number of carbonyl (C=O) groups excluding carboxylic acids is 2. The lowest BCUT2D eigenvalue weighted by Gasteiger charge is -2.22. The number of amidine groups is 1. The van der Waals surface area contributed by atoms with E-state index in [-0.39, 0.29) is 34.9 Å². The summed E-state index contributed by atoms with van der Waals surface area (Å²) in [6, 6.07) is 16.8. The average Bonchev–Trinajstić information content (AvgIpc) is 3.60. The summed E-state index contributed by atoms with van der Waals surface area (Å²) >= 11 is 1.12. The maximum atomic E-state index is 14.9. The maximum Gasteiger partial charge on any atom is 0.573 e. The molecule has 1 aromatic heterocycles. The molecule has 0 aliphatic carbocycles. The first-order valence-corrected chi connectivity index (χ1v) is 14.8. The Hall–Kier alpha value is -4.72. The summed E-state index contributed by atoms with van der Waals surface area (Å²) in [5.74, 6) is 0.0436. The fourth-order valence-corrected chi connectivity index (χ4v) is 5.50. The topological polar surface area (TPSA) is 102 Å². The molecule has 0 radical (unpaired) electrons. The smallest absolute Gasteiger partial charge is 0.406 e. The molecule has 14 heteroatoms. The minimum absolute atomic E-state index is 0.124. The van der Waals surface area contributed by atoms with Gasteiger partial charge in [0, 0.05) is 12.0 Å². The van der Waals surface area contributed by atoms with Crippen molar-refractivity contribution in [2.75, 3.05) is 10.7 Å². The van der Waals surface area contributed by atoms with Crippen molar-refractivity contribution in [1.82, 2.24) is 20.1 Å². The van der Waals surface area contributed by atoms with E-state index in [9.17, 15) is 27.2 Å². The lowest BCUT2D eigenvalue weighted by Crippen LogP contribution is -2.35. The lowest BCUT2D eigenvalue weighted by atomic mass is 9.99. The van der Waals surface area contributed by atoms with Crippen molar-refractivity contribution in [3.63, 3.8) is 0 Å². The number of urea groups is 1. The number of hydrogen-bond donors (Lipinski definition) is 1. The molecule has 1 unspecified atom stereocenters. The number of hydrogen-bond acceptors (Lipinski definition) is 6. The van der Waals surface area contributed by atoms with Crippen LogP contribution >= 0.6 is 11.8 Å². The SMILES string of the molecule is Cc1ccc(C(C)C)c(N2C(=O)CS/C2=N\C(=O)NC(F)Cc2ccc(-c3ncn(-c4ccc(OC(F)(F)F)cc4)n3)cc2)c1. The van der Waals surface area contributed by atoms with Crippen LogP contribution in [0.4, 0.5) is 28.0 Å². The van der Waals surface area contributed by atoms with Gasteiger partial charge in [0.1, 0.15) is 12.1 Å². The third-order valence-corrected chi connectivity index (χ3v) is 7.67. The number of halogens is 4. The second-order valence-corrected chi connectivity index (χ2v) is 11.4. The molecule has 2 heterocycles. The Kier molecular flexibility index (Phi) is 9.23. The zero-order valence-electron chi connectivity index (χ0n) is 24.4. The number of aromatic nitrogens is 3. The summed E-state index contributed by atoms with van der Waals surface area (Å²) in [6.07, 6.45) is -5.24. The van der Waals surface area contributed by atoms with Gasteiger partial charge in [-0.1, -0.05) is 62.0 Å². The Morgan fingerprint density at radius 2 is 1.80 bits per heavy atom. The van der Waals surface area contributed by atoms with Gasteiger partial charge in [-0.3, -0.25) is 9.69 Å². The van der Waals surface area contributed by atoms with E-state index < -0.39 is 18.7 Å². The highest BCUT2D eigenvalue weighted by molar-refractivity contribution is 8.15. The van der Waals surface area contributed by atoms with Gasteiger partial charge in [-0.15, -0.1) is 18.3 Å². The van der Waals surface area contributed by atoms with E-state index in [1.807, 2.05) is 39.0 Å². The number of anilines is 1. The van der Waals surface area contributed by atoms with Gasteiger partial charge in [0.15, 0.2) is 17.3 Å². The zero-order chi connectivity index (χ0) is 32.3. The standard InChI is InChI=1S/C31H28F4N6O3S/c1-18(2)24-13-4-19(3)14-25(24)41-27(42)16-45-30(41)38-29(43)37-26(32)15-20-5-7-21(8-6-20)28-36-17-40(39-28)22-9-11-23(12-10-22)44-31(33,34)35/h4-14,17-18,26H,15-16H2,1-3H3,(H,37,43)/b38-30-. The number of rotatable bonds is 8. The first-order valence-electron chi connectivity index (χ1n) is 13.8. The van der Waals surface area contributed by atoms with E-state index in [1.54, 1.807) is 24.3 Å². The van der Waals surface area contributed by atoms with Crippen LogP contribution in [-0.2, 0) is 11.2 Å². The van der Waals surface area contributed by atoms with Crippen LogP contribution < -0.4 is 15.0 Å². The minimum atomic E-state index is -4.78. The molecule has 3 amide bonds. The van der Waals surface area contributed by atoms with Gasteiger partial charge in [0.2, 0.25) is 5.91 Å². The highest BCUT2D eigenvalue weighted by atomic mass is 32.2. The summed E-state index contributed by atoms with van der Waals surface area (Å²) < 4.78 is 57.3. The van der Waals surface area contributed by atoms with Crippen molar-refractivity contribution in [3.05, 3.63) is 89.7 Å². The number of aliphatic imine (C=N–C) groups is 1. The molecule has 1 aliphatic rings. The fourth-order valence-electron chi connectivity index (χ4n) is 4.64. The first-order chi connectivity index (χ1) is 21.4. The highest BCUT2D eigenvalue weighted by Crippen LogP contribution is 2.34. The molecular weight excluding hydrogens is 612 g/mol. The molecule has 4 aromatic rings. The summed E-state index contributed by atoms with van der Waals surface area (Å²) in [6.45, 7) is 5.94. The van der Waals surface area contributed by atoms with Crippen LogP contribution in [-0.4, -0.2) is 50.3 Å². The van der Waals surface area contributed by atoms with Crippen molar-refractivity contribution in [3.8, 4) is 22.8 Å². The van der Waals surface area contributed by atoms with Crippen LogP contribution in [0.3, 0.4) is 0 Å². The number of thioether (sulfide) groups is 1. The first kappa shape index (κ1) is 31.7. The molecule has 9 nitrogen and oxygen atoms in total. The molecule has 45 heavy (non-hydrogen) atoms. The largest absolute Gasteiger partial charge is 0.573 e. The zero-order valence-corrected chi connectivity index (χ0v) is 25.2. The quantitative estimate of drug-likeness (QED) is 0.165.